The van der Waals surface area contributed by atoms with Crippen LogP contribution in [0.15, 0.2) is 4.90 Å². The standard InChI is InChI=1S/C13H23N3O4S/c1-6-15(7-9(2)3)21(19,20)13-10(4)14-16(11(13)5)8-12(17)18/h9H,6-8H2,1-5H3,(H,17,18). The lowest BCUT2D eigenvalue weighted by atomic mass is 10.2. The Hall–Kier alpha value is -1.41. The van der Waals surface area contributed by atoms with Crippen LogP contribution in [-0.2, 0) is 21.4 Å². The molecule has 0 unspecified atom stereocenters. The van der Waals surface area contributed by atoms with Crippen molar-refractivity contribution in [1.82, 2.24) is 14.1 Å². The van der Waals surface area contributed by atoms with Crippen LogP contribution in [0.25, 0.3) is 0 Å². The van der Waals surface area contributed by atoms with Crippen LogP contribution in [0.4, 0.5) is 0 Å². The lowest BCUT2D eigenvalue weighted by Gasteiger charge is -2.22. The number of carbonyl (C=O) groups is 1. The quantitative estimate of drug-likeness (QED) is 0.817. The number of nitrogens with zero attached hydrogens (tertiary/aromatic N) is 3. The molecule has 0 saturated heterocycles. The van der Waals surface area contributed by atoms with Gasteiger partial charge in [-0.3, -0.25) is 9.48 Å². The van der Waals surface area contributed by atoms with Crippen molar-refractivity contribution in [2.45, 2.75) is 46.1 Å². The highest BCUT2D eigenvalue weighted by molar-refractivity contribution is 7.89. The van der Waals surface area contributed by atoms with Gasteiger partial charge in [-0.1, -0.05) is 20.8 Å². The molecule has 0 aromatic carbocycles. The van der Waals surface area contributed by atoms with Crippen molar-refractivity contribution in [3.63, 3.8) is 0 Å². The molecule has 120 valence electrons. The average Bonchev–Trinajstić information content (AvgIpc) is 2.60. The predicted octanol–water partition coefficient (Wildman–Crippen LogP) is 1.25. The molecule has 8 heteroatoms. The number of aliphatic carboxylic acids is 1. The number of rotatable bonds is 7. The Morgan fingerprint density at radius 2 is 1.95 bits per heavy atom. The first-order valence-electron chi connectivity index (χ1n) is 6.87. The summed E-state index contributed by atoms with van der Waals surface area (Å²) in [7, 11) is -3.67. The van der Waals surface area contributed by atoms with E-state index in [1.165, 1.54) is 8.99 Å². The van der Waals surface area contributed by atoms with Gasteiger partial charge < -0.3 is 5.11 Å². The summed E-state index contributed by atoms with van der Waals surface area (Å²) in [6.45, 7) is 9.29. The van der Waals surface area contributed by atoms with Crippen molar-refractivity contribution < 1.29 is 18.3 Å². The number of hydrogen-bond acceptors (Lipinski definition) is 4. The second-order valence-electron chi connectivity index (χ2n) is 5.40. The second-order valence-corrected chi connectivity index (χ2v) is 7.28. The highest BCUT2D eigenvalue weighted by atomic mass is 32.2. The number of carboxylic acid groups (broad SMARTS) is 1. The summed E-state index contributed by atoms with van der Waals surface area (Å²) in [6.07, 6.45) is 0. The molecule has 7 nitrogen and oxygen atoms in total. The molecule has 1 aromatic rings. The van der Waals surface area contributed by atoms with E-state index in [2.05, 4.69) is 5.10 Å². The predicted molar refractivity (Wildman–Crippen MR) is 78.6 cm³/mol. The van der Waals surface area contributed by atoms with Gasteiger partial charge in [-0.25, -0.2) is 8.42 Å². The SMILES string of the molecule is CCN(CC(C)C)S(=O)(=O)c1c(C)nn(CC(=O)O)c1C. The largest absolute Gasteiger partial charge is 0.480 e. The summed E-state index contributed by atoms with van der Waals surface area (Å²) in [5.41, 5.74) is 0.688. The molecule has 21 heavy (non-hydrogen) atoms. The Balaban J connectivity index is 3.31. The van der Waals surface area contributed by atoms with Gasteiger partial charge in [0.1, 0.15) is 11.4 Å². The average molecular weight is 317 g/mol. The minimum atomic E-state index is -3.67. The maximum Gasteiger partial charge on any atom is 0.325 e. The van der Waals surface area contributed by atoms with Crippen LogP contribution in [0, 0.1) is 19.8 Å². The third kappa shape index (κ3) is 3.82. The summed E-state index contributed by atoms with van der Waals surface area (Å²) in [6, 6.07) is 0. The monoisotopic (exact) mass is 317 g/mol. The van der Waals surface area contributed by atoms with Crippen LogP contribution >= 0.6 is 0 Å². The van der Waals surface area contributed by atoms with E-state index >= 15 is 0 Å². The molecule has 0 fully saturated rings. The van der Waals surface area contributed by atoms with Crippen LogP contribution < -0.4 is 0 Å². The van der Waals surface area contributed by atoms with E-state index in [0.29, 0.717) is 24.5 Å². The number of hydrogen-bond donors (Lipinski definition) is 1. The van der Waals surface area contributed by atoms with Gasteiger partial charge in [0.2, 0.25) is 10.0 Å². The van der Waals surface area contributed by atoms with Gasteiger partial charge in [0.15, 0.2) is 0 Å². The molecular weight excluding hydrogens is 294 g/mol. The minimum Gasteiger partial charge on any atom is -0.480 e. The van der Waals surface area contributed by atoms with Gasteiger partial charge in [0.05, 0.1) is 11.4 Å². The maximum absolute atomic E-state index is 12.8. The van der Waals surface area contributed by atoms with Crippen LogP contribution in [0.5, 0.6) is 0 Å². The summed E-state index contributed by atoms with van der Waals surface area (Å²) in [5.74, 6) is -0.853. The first kappa shape index (κ1) is 17.6. The molecule has 0 saturated carbocycles. The highest BCUT2D eigenvalue weighted by Crippen LogP contribution is 2.24. The lowest BCUT2D eigenvalue weighted by molar-refractivity contribution is -0.137. The molecule has 0 bridgehead atoms. The summed E-state index contributed by atoms with van der Waals surface area (Å²) in [5, 5.41) is 12.9. The fraction of sp³-hybridized carbons (Fsp3) is 0.692. The van der Waals surface area contributed by atoms with Crippen LogP contribution in [0.3, 0.4) is 0 Å². The third-order valence-electron chi connectivity index (χ3n) is 3.12. The Labute approximate surface area is 125 Å². The third-order valence-corrected chi connectivity index (χ3v) is 5.31. The lowest BCUT2D eigenvalue weighted by Crippen LogP contribution is -2.34. The number of aryl methyl sites for hydroxylation is 1. The fourth-order valence-electron chi connectivity index (χ4n) is 2.27. The van der Waals surface area contributed by atoms with Crippen LogP contribution in [-0.4, -0.2) is 46.7 Å². The van der Waals surface area contributed by atoms with E-state index < -0.39 is 16.0 Å². The Kier molecular flexibility index (Phi) is 5.52. The number of sulfonamides is 1. The Bertz CT molecular complexity index is 620. The molecule has 0 atom stereocenters. The minimum absolute atomic E-state index is 0.117. The normalized spacial score (nSPS) is 12.3. The molecule has 1 aromatic heterocycles. The zero-order valence-electron chi connectivity index (χ0n) is 13.1. The van der Waals surface area contributed by atoms with E-state index in [9.17, 15) is 13.2 Å². The molecule has 0 aliphatic heterocycles. The molecular formula is C13H23N3O4S. The molecule has 1 rings (SSSR count). The summed E-state index contributed by atoms with van der Waals surface area (Å²) in [4.78, 5) is 10.9. The van der Waals surface area contributed by atoms with E-state index in [-0.39, 0.29) is 17.4 Å². The zero-order valence-corrected chi connectivity index (χ0v) is 13.9. The number of carboxylic acids is 1. The van der Waals surface area contributed by atoms with Crippen LogP contribution in [0.1, 0.15) is 32.2 Å². The van der Waals surface area contributed by atoms with Crippen molar-refractivity contribution in [3.05, 3.63) is 11.4 Å². The smallest absolute Gasteiger partial charge is 0.325 e. The fourth-order valence-corrected chi connectivity index (χ4v) is 4.25. The maximum atomic E-state index is 12.8. The second kappa shape index (κ2) is 6.57. The van der Waals surface area contributed by atoms with E-state index in [1.54, 1.807) is 20.8 Å². The van der Waals surface area contributed by atoms with Gasteiger partial charge >= 0.3 is 5.97 Å². The van der Waals surface area contributed by atoms with E-state index in [1.807, 2.05) is 13.8 Å². The molecule has 1 heterocycles. The number of aromatic nitrogens is 2. The molecule has 0 spiro atoms. The van der Waals surface area contributed by atoms with Gasteiger partial charge in [0.25, 0.3) is 0 Å². The first-order chi connectivity index (χ1) is 9.61. The van der Waals surface area contributed by atoms with Gasteiger partial charge in [-0.05, 0) is 19.8 Å². The molecule has 0 aliphatic rings. The molecule has 1 N–H and O–H groups in total. The van der Waals surface area contributed by atoms with Crippen molar-refractivity contribution in [2.75, 3.05) is 13.1 Å². The first-order valence-corrected chi connectivity index (χ1v) is 8.31. The van der Waals surface area contributed by atoms with E-state index in [4.69, 9.17) is 5.11 Å². The van der Waals surface area contributed by atoms with Gasteiger partial charge in [0, 0.05) is 13.1 Å². The zero-order chi connectivity index (χ0) is 16.4. The highest BCUT2D eigenvalue weighted by Gasteiger charge is 2.30. The summed E-state index contributed by atoms with van der Waals surface area (Å²) < 4.78 is 28.1. The van der Waals surface area contributed by atoms with Crippen molar-refractivity contribution in [2.24, 2.45) is 5.92 Å². The van der Waals surface area contributed by atoms with Crippen molar-refractivity contribution >= 4 is 16.0 Å². The Morgan fingerprint density at radius 1 is 1.38 bits per heavy atom. The molecule has 0 amide bonds. The Morgan fingerprint density at radius 3 is 2.38 bits per heavy atom. The van der Waals surface area contributed by atoms with Crippen molar-refractivity contribution in [1.29, 1.82) is 0 Å². The molecule has 0 aliphatic carbocycles. The topological polar surface area (TPSA) is 92.5 Å². The van der Waals surface area contributed by atoms with Gasteiger partial charge in [-0.2, -0.15) is 9.40 Å². The van der Waals surface area contributed by atoms with Gasteiger partial charge in [-0.15, -0.1) is 0 Å². The molecule has 0 radical (unpaired) electrons. The van der Waals surface area contributed by atoms with E-state index in [0.717, 1.165) is 0 Å². The summed E-state index contributed by atoms with van der Waals surface area (Å²) >= 11 is 0. The van der Waals surface area contributed by atoms with Crippen molar-refractivity contribution in [3.8, 4) is 0 Å². The van der Waals surface area contributed by atoms with Crippen LogP contribution in [0.2, 0.25) is 0 Å².